The van der Waals surface area contributed by atoms with Gasteiger partial charge in [0, 0.05) is 16.9 Å². The molecule has 5 nitrogen and oxygen atoms in total. The summed E-state index contributed by atoms with van der Waals surface area (Å²) < 4.78 is 8.06. The second kappa shape index (κ2) is 4.79. The van der Waals surface area contributed by atoms with Crippen LogP contribution in [0.15, 0.2) is 35.1 Å². The molecule has 2 aromatic heterocycles. The third-order valence-electron chi connectivity index (χ3n) is 2.69. The highest BCUT2D eigenvalue weighted by Gasteiger charge is 2.15. The molecule has 0 N–H and O–H groups in total. The molecule has 0 aliphatic rings. The molecule has 0 saturated carbocycles. The molecule has 0 saturated heterocycles. The lowest BCUT2D eigenvalue weighted by Gasteiger charge is -2.07. The molecule has 19 heavy (non-hydrogen) atoms. The molecule has 0 aliphatic heterocycles. The van der Waals surface area contributed by atoms with Crippen molar-refractivity contribution in [2.45, 2.75) is 0 Å². The Labute approximate surface area is 122 Å². The van der Waals surface area contributed by atoms with Crippen LogP contribution in [0.2, 0.25) is 5.15 Å². The van der Waals surface area contributed by atoms with Gasteiger partial charge in [0.25, 0.3) is 0 Å². The van der Waals surface area contributed by atoms with E-state index in [4.69, 9.17) is 16.3 Å². The first-order valence-corrected chi connectivity index (χ1v) is 6.57. The second-order valence-electron chi connectivity index (χ2n) is 3.78. The standard InChI is InChI=1S/C12H8BrClN4O/c1-19-9-3-2-7(13)6-8(9)11-16-17-12-10(14)15-4-5-18(11)12/h2-6H,1H3. The molecule has 96 valence electrons. The molecule has 0 radical (unpaired) electrons. The van der Waals surface area contributed by atoms with Gasteiger partial charge in [0.05, 0.1) is 12.7 Å². The Balaban J connectivity index is 2.30. The van der Waals surface area contributed by atoms with Gasteiger partial charge in [-0.1, -0.05) is 27.5 Å². The van der Waals surface area contributed by atoms with E-state index in [1.165, 1.54) is 0 Å². The van der Waals surface area contributed by atoms with E-state index in [0.29, 0.717) is 22.4 Å². The highest BCUT2D eigenvalue weighted by Crippen LogP contribution is 2.32. The van der Waals surface area contributed by atoms with Gasteiger partial charge in [0.1, 0.15) is 5.75 Å². The number of nitrogens with zero attached hydrogens (tertiary/aromatic N) is 4. The summed E-state index contributed by atoms with van der Waals surface area (Å²) in [6, 6.07) is 5.69. The van der Waals surface area contributed by atoms with Gasteiger partial charge < -0.3 is 4.74 Å². The van der Waals surface area contributed by atoms with Crippen molar-refractivity contribution in [3.05, 3.63) is 40.2 Å². The maximum absolute atomic E-state index is 5.99. The van der Waals surface area contributed by atoms with Crippen LogP contribution in [0.5, 0.6) is 5.75 Å². The Kier molecular flexibility index (Phi) is 3.12. The Morgan fingerprint density at radius 3 is 2.95 bits per heavy atom. The van der Waals surface area contributed by atoms with E-state index in [0.717, 1.165) is 10.0 Å². The van der Waals surface area contributed by atoms with Gasteiger partial charge in [-0.3, -0.25) is 4.40 Å². The summed E-state index contributed by atoms with van der Waals surface area (Å²) in [5, 5.41) is 8.53. The molecule has 0 atom stereocenters. The van der Waals surface area contributed by atoms with Crippen LogP contribution in [0.1, 0.15) is 0 Å². The van der Waals surface area contributed by atoms with E-state index in [1.54, 1.807) is 23.9 Å². The number of fused-ring (bicyclic) bond motifs is 1. The van der Waals surface area contributed by atoms with Crippen LogP contribution >= 0.6 is 27.5 Å². The number of benzene rings is 1. The van der Waals surface area contributed by atoms with Crippen LogP contribution in [-0.4, -0.2) is 26.7 Å². The Hall–Kier alpha value is -1.66. The lowest BCUT2D eigenvalue weighted by molar-refractivity contribution is 0.416. The van der Waals surface area contributed by atoms with Crippen LogP contribution < -0.4 is 4.74 Å². The lowest BCUT2D eigenvalue weighted by Crippen LogP contribution is -1.94. The molecule has 0 spiro atoms. The fraction of sp³-hybridized carbons (Fsp3) is 0.0833. The number of halogens is 2. The summed E-state index contributed by atoms with van der Waals surface area (Å²) in [5.41, 5.74) is 1.34. The van der Waals surface area contributed by atoms with Gasteiger partial charge in [-0.25, -0.2) is 4.98 Å². The predicted molar refractivity (Wildman–Crippen MR) is 75.5 cm³/mol. The SMILES string of the molecule is COc1ccc(Br)cc1-c1nnc2c(Cl)nccn12. The number of methoxy groups -OCH3 is 1. The van der Waals surface area contributed by atoms with Crippen LogP contribution in [-0.2, 0) is 0 Å². The monoisotopic (exact) mass is 338 g/mol. The lowest BCUT2D eigenvalue weighted by atomic mass is 10.2. The quantitative estimate of drug-likeness (QED) is 0.719. The van der Waals surface area contributed by atoms with Crippen molar-refractivity contribution in [2.24, 2.45) is 0 Å². The minimum Gasteiger partial charge on any atom is -0.496 e. The van der Waals surface area contributed by atoms with E-state index in [2.05, 4.69) is 31.1 Å². The highest BCUT2D eigenvalue weighted by atomic mass is 79.9. The molecule has 0 unspecified atom stereocenters. The topological polar surface area (TPSA) is 52.3 Å². The molecular weight excluding hydrogens is 332 g/mol. The van der Waals surface area contributed by atoms with Gasteiger partial charge in [0.2, 0.25) is 0 Å². The minimum absolute atomic E-state index is 0.315. The van der Waals surface area contributed by atoms with E-state index >= 15 is 0 Å². The summed E-state index contributed by atoms with van der Waals surface area (Å²) >= 11 is 9.43. The Morgan fingerprint density at radius 2 is 2.16 bits per heavy atom. The summed E-state index contributed by atoms with van der Waals surface area (Å²) in [6.07, 6.45) is 3.36. The maximum Gasteiger partial charge on any atom is 0.198 e. The van der Waals surface area contributed by atoms with E-state index in [1.807, 2.05) is 18.2 Å². The zero-order valence-electron chi connectivity index (χ0n) is 9.84. The number of rotatable bonds is 2. The zero-order valence-corrected chi connectivity index (χ0v) is 12.2. The molecule has 2 heterocycles. The van der Waals surface area contributed by atoms with E-state index in [-0.39, 0.29) is 0 Å². The third-order valence-corrected chi connectivity index (χ3v) is 3.45. The molecule has 0 bridgehead atoms. The second-order valence-corrected chi connectivity index (χ2v) is 5.05. The Morgan fingerprint density at radius 1 is 1.32 bits per heavy atom. The maximum atomic E-state index is 5.99. The number of ether oxygens (including phenoxy) is 1. The van der Waals surface area contributed by atoms with Crippen molar-refractivity contribution in [1.82, 2.24) is 19.6 Å². The van der Waals surface area contributed by atoms with Gasteiger partial charge in [-0.2, -0.15) is 0 Å². The first-order valence-electron chi connectivity index (χ1n) is 5.40. The molecule has 0 amide bonds. The number of aromatic nitrogens is 4. The van der Waals surface area contributed by atoms with E-state index in [9.17, 15) is 0 Å². The molecule has 0 fully saturated rings. The summed E-state index contributed by atoms with van der Waals surface area (Å²) in [6.45, 7) is 0. The first-order chi connectivity index (χ1) is 9.20. The van der Waals surface area contributed by atoms with Gasteiger partial charge >= 0.3 is 0 Å². The van der Waals surface area contributed by atoms with Crippen molar-refractivity contribution < 1.29 is 4.74 Å². The number of hydrogen-bond donors (Lipinski definition) is 0. The van der Waals surface area contributed by atoms with Crippen LogP contribution in [0, 0.1) is 0 Å². The fourth-order valence-corrected chi connectivity index (χ4v) is 2.38. The van der Waals surface area contributed by atoms with Gasteiger partial charge in [-0.05, 0) is 18.2 Å². The first kappa shape index (κ1) is 12.4. The average molecular weight is 340 g/mol. The smallest absolute Gasteiger partial charge is 0.198 e. The van der Waals surface area contributed by atoms with Crippen molar-refractivity contribution in [3.8, 4) is 17.1 Å². The molecular formula is C12H8BrClN4O. The van der Waals surface area contributed by atoms with Crippen molar-refractivity contribution in [3.63, 3.8) is 0 Å². The van der Waals surface area contributed by atoms with Crippen LogP contribution in [0.25, 0.3) is 17.0 Å². The van der Waals surface area contributed by atoms with Crippen molar-refractivity contribution >= 4 is 33.2 Å². The summed E-state index contributed by atoms with van der Waals surface area (Å²) in [5.74, 6) is 1.36. The van der Waals surface area contributed by atoms with Crippen LogP contribution in [0.3, 0.4) is 0 Å². The van der Waals surface area contributed by atoms with Gasteiger partial charge in [-0.15, -0.1) is 10.2 Å². The molecule has 7 heteroatoms. The molecule has 1 aromatic carbocycles. The summed E-state index contributed by atoms with van der Waals surface area (Å²) in [4.78, 5) is 3.98. The summed E-state index contributed by atoms with van der Waals surface area (Å²) in [7, 11) is 1.62. The molecule has 0 aliphatic carbocycles. The van der Waals surface area contributed by atoms with E-state index < -0.39 is 0 Å². The van der Waals surface area contributed by atoms with Crippen molar-refractivity contribution in [2.75, 3.05) is 7.11 Å². The normalized spacial score (nSPS) is 10.9. The average Bonchev–Trinajstić information content (AvgIpc) is 2.84. The molecule has 3 aromatic rings. The largest absolute Gasteiger partial charge is 0.496 e. The predicted octanol–water partition coefficient (Wildman–Crippen LogP) is 3.22. The Bertz CT molecular complexity index is 759. The zero-order chi connectivity index (χ0) is 13.4. The third kappa shape index (κ3) is 2.06. The fourth-order valence-electron chi connectivity index (χ4n) is 1.84. The molecule has 3 rings (SSSR count). The minimum atomic E-state index is 0.315. The van der Waals surface area contributed by atoms with Crippen molar-refractivity contribution in [1.29, 1.82) is 0 Å². The van der Waals surface area contributed by atoms with Gasteiger partial charge in [0.15, 0.2) is 16.6 Å². The highest BCUT2D eigenvalue weighted by molar-refractivity contribution is 9.10. The van der Waals surface area contributed by atoms with Crippen LogP contribution in [0.4, 0.5) is 0 Å². The number of hydrogen-bond acceptors (Lipinski definition) is 4.